The van der Waals surface area contributed by atoms with Crippen LogP contribution >= 0.6 is 0 Å². The summed E-state index contributed by atoms with van der Waals surface area (Å²) in [6.07, 6.45) is 65.6. The summed E-state index contributed by atoms with van der Waals surface area (Å²) in [4.78, 5) is 0. The molecule has 5 heteroatoms. The lowest BCUT2D eigenvalue weighted by atomic mass is 9.89. The number of aryl methyl sites for hydroxylation is 2. The Kier molecular flexibility index (Phi) is 42.7. The molecule has 4 nitrogen and oxygen atoms in total. The Morgan fingerprint density at radius 2 is 0.797 bits per heavy atom. The number of nitrogens with zero attached hydrogens (tertiary/aromatic N) is 2. The first-order valence-electron chi connectivity index (χ1n) is 29.4. The van der Waals surface area contributed by atoms with Gasteiger partial charge < -0.3 is 0 Å². The number of imidazole rings is 1. The van der Waals surface area contributed by atoms with Gasteiger partial charge >= 0.3 is 0 Å². The zero-order chi connectivity index (χ0) is 46.6. The van der Waals surface area contributed by atoms with Gasteiger partial charge in [0.25, 0.3) is 0 Å². The Morgan fingerprint density at radius 1 is 0.422 bits per heavy atom. The topological polar surface area (TPSA) is 43.0 Å². The fraction of sp³-hybridized carbons (Fsp3) is 0.949. The zero-order valence-corrected chi connectivity index (χ0v) is 45.5. The third-order valence-electron chi connectivity index (χ3n) is 15.0. The minimum atomic E-state index is -3.11. The Labute approximate surface area is 403 Å². The van der Waals surface area contributed by atoms with E-state index < -0.39 is 9.84 Å². The Morgan fingerprint density at radius 3 is 1.17 bits per heavy atom. The van der Waals surface area contributed by atoms with Crippen LogP contribution < -0.4 is 4.57 Å². The van der Waals surface area contributed by atoms with Crippen LogP contribution in [0.2, 0.25) is 0 Å². The van der Waals surface area contributed by atoms with Gasteiger partial charge in [0.05, 0.1) is 24.6 Å². The molecular weight excluding hydrogens is 801 g/mol. The summed E-state index contributed by atoms with van der Waals surface area (Å²) >= 11 is 0. The third kappa shape index (κ3) is 39.2. The molecule has 2 unspecified atom stereocenters. The van der Waals surface area contributed by atoms with Gasteiger partial charge in [0.1, 0.15) is 12.4 Å². The number of unbranched alkanes of at least 4 members (excludes halogenated alkanes) is 31. The van der Waals surface area contributed by atoms with E-state index in [1.54, 1.807) is 0 Å². The molecule has 1 heterocycles. The Balaban J connectivity index is 2.52. The highest BCUT2D eigenvalue weighted by molar-refractivity contribution is 7.92. The van der Waals surface area contributed by atoms with Crippen molar-refractivity contribution in [2.24, 2.45) is 24.8 Å². The van der Waals surface area contributed by atoms with Crippen molar-refractivity contribution in [2.75, 3.05) is 5.75 Å². The van der Waals surface area contributed by atoms with Gasteiger partial charge in [-0.1, -0.05) is 291 Å². The van der Waals surface area contributed by atoms with Gasteiger partial charge in [0, 0.05) is 0 Å². The highest BCUT2D eigenvalue weighted by Crippen LogP contribution is 2.28. The molecule has 1 aromatic heterocycles. The molecule has 0 aliphatic heterocycles. The number of aromatic nitrogens is 2. The zero-order valence-electron chi connectivity index (χ0n) is 44.7. The summed E-state index contributed by atoms with van der Waals surface area (Å²) in [7, 11) is -1.09. The van der Waals surface area contributed by atoms with Crippen molar-refractivity contribution in [3.8, 4) is 0 Å². The number of hydrogen-bond donors (Lipinski definition) is 0. The summed E-state index contributed by atoms with van der Waals surface area (Å²) in [5.74, 6) is 2.51. The van der Waals surface area contributed by atoms with Gasteiger partial charge in [-0.05, 0) is 43.4 Å². The van der Waals surface area contributed by atoms with Crippen molar-refractivity contribution in [2.45, 2.75) is 329 Å². The first-order chi connectivity index (χ1) is 31.2. The highest BCUT2D eigenvalue weighted by atomic mass is 32.2. The summed E-state index contributed by atoms with van der Waals surface area (Å²) in [5, 5.41) is -0.167. The van der Waals surface area contributed by atoms with Crippen molar-refractivity contribution >= 4 is 9.84 Å². The predicted octanol–water partition coefficient (Wildman–Crippen LogP) is 19.2. The van der Waals surface area contributed by atoms with Crippen molar-refractivity contribution < 1.29 is 13.0 Å². The number of sulfone groups is 1. The second-order valence-electron chi connectivity index (χ2n) is 22.0. The molecule has 0 amide bonds. The molecule has 1 aromatic rings. The smallest absolute Gasteiger partial charge is 0.240 e. The summed E-state index contributed by atoms with van der Waals surface area (Å²) < 4.78 is 32.0. The predicted molar refractivity (Wildman–Crippen MR) is 285 cm³/mol. The molecule has 0 saturated carbocycles. The molecule has 0 fully saturated rings. The second-order valence-corrected chi connectivity index (χ2v) is 24.4. The van der Waals surface area contributed by atoms with Crippen molar-refractivity contribution in [3.05, 3.63) is 18.7 Å². The van der Waals surface area contributed by atoms with Gasteiger partial charge in [-0.2, -0.15) is 0 Å². The molecule has 0 radical (unpaired) electrons. The second kappa shape index (κ2) is 44.7. The van der Waals surface area contributed by atoms with E-state index in [4.69, 9.17) is 0 Å². The lowest BCUT2D eigenvalue weighted by Crippen LogP contribution is -2.26. The fourth-order valence-corrected chi connectivity index (χ4v) is 12.3. The SMILES string of the molecule is CCCCCCCCCCCCCCCCCCC(CCCCCCCCCCCCCCCCCC)CCCCC(CCC(C)CCCC(C)C)S(=O)(=O)CCCn1cc[n+](C)c1. The first-order valence-corrected chi connectivity index (χ1v) is 31.1. The van der Waals surface area contributed by atoms with Crippen LogP contribution in [0.15, 0.2) is 18.7 Å². The van der Waals surface area contributed by atoms with Gasteiger partial charge in [-0.25, -0.2) is 17.6 Å². The van der Waals surface area contributed by atoms with Gasteiger partial charge in [-0.15, -0.1) is 0 Å². The quantitative estimate of drug-likeness (QED) is 0.0483. The monoisotopic (exact) mass is 918 g/mol. The van der Waals surface area contributed by atoms with Crippen LogP contribution in [0.4, 0.5) is 0 Å². The summed E-state index contributed by atoms with van der Waals surface area (Å²) in [5.41, 5.74) is 0. The average molecular weight is 919 g/mol. The van der Waals surface area contributed by atoms with Crippen molar-refractivity contribution in [3.63, 3.8) is 0 Å². The first kappa shape index (κ1) is 61.2. The fourth-order valence-electron chi connectivity index (χ4n) is 10.4. The van der Waals surface area contributed by atoms with Crippen LogP contribution in [0.1, 0.15) is 317 Å². The maximum atomic E-state index is 13.9. The van der Waals surface area contributed by atoms with E-state index in [1.165, 1.54) is 250 Å². The van der Waals surface area contributed by atoms with E-state index in [1.807, 2.05) is 17.8 Å². The lowest BCUT2D eigenvalue weighted by Gasteiger charge is -2.21. The largest absolute Gasteiger partial charge is 0.243 e. The molecule has 0 N–H and O–H groups in total. The van der Waals surface area contributed by atoms with Crippen LogP contribution in [-0.2, 0) is 23.4 Å². The van der Waals surface area contributed by atoms with Crippen LogP contribution in [0, 0.1) is 17.8 Å². The third-order valence-corrected chi connectivity index (χ3v) is 17.3. The molecule has 0 aromatic carbocycles. The molecule has 0 saturated heterocycles. The van der Waals surface area contributed by atoms with Gasteiger partial charge in [0.15, 0.2) is 9.84 Å². The van der Waals surface area contributed by atoms with Crippen molar-refractivity contribution in [1.29, 1.82) is 0 Å². The van der Waals surface area contributed by atoms with E-state index in [0.29, 0.717) is 18.1 Å². The summed E-state index contributed by atoms with van der Waals surface area (Å²) in [6.45, 7) is 12.4. The molecule has 1 rings (SSSR count). The lowest BCUT2D eigenvalue weighted by molar-refractivity contribution is -0.671. The van der Waals surface area contributed by atoms with E-state index in [2.05, 4.69) is 51.7 Å². The standard InChI is InChI=1S/C59H117N2O2S/c1-7-9-11-13-15-17-19-21-23-25-27-29-31-33-35-37-45-58(46-38-36-34-32-30-28-26-24-22-20-18-16-14-12-10-8-2)47-39-40-48-59(50-49-57(5)44-41-43-56(3)4)64(62,63)54-42-51-61-53-52-60(6)55-61/h52-53,55-59H,7-51,54H2,1-6H3/q+1. The minimum absolute atomic E-state index is 0.167. The summed E-state index contributed by atoms with van der Waals surface area (Å²) in [6, 6.07) is 0. The molecule has 0 bridgehead atoms. The number of rotatable bonds is 51. The molecule has 0 aliphatic carbocycles. The van der Waals surface area contributed by atoms with Gasteiger partial charge in [-0.3, -0.25) is 0 Å². The Bertz CT molecular complexity index is 1160. The highest BCUT2D eigenvalue weighted by Gasteiger charge is 2.26. The average Bonchev–Trinajstić information content (AvgIpc) is 3.69. The van der Waals surface area contributed by atoms with E-state index in [9.17, 15) is 8.42 Å². The normalized spacial score (nSPS) is 13.2. The van der Waals surface area contributed by atoms with Crippen LogP contribution in [-0.4, -0.2) is 24.0 Å². The van der Waals surface area contributed by atoms with Crippen molar-refractivity contribution in [1.82, 2.24) is 4.57 Å². The van der Waals surface area contributed by atoms with E-state index >= 15 is 0 Å². The molecule has 2 atom stereocenters. The molecule has 0 aliphatic rings. The molecular formula is C59H117N2O2S+. The Hall–Kier alpha value is -0.840. The molecule has 380 valence electrons. The van der Waals surface area contributed by atoms with Crippen LogP contribution in [0.5, 0.6) is 0 Å². The van der Waals surface area contributed by atoms with Gasteiger partial charge in [0.2, 0.25) is 6.33 Å². The van der Waals surface area contributed by atoms with E-state index in [-0.39, 0.29) is 5.25 Å². The van der Waals surface area contributed by atoms with Crippen LogP contribution in [0.3, 0.4) is 0 Å². The maximum Gasteiger partial charge on any atom is 0.243 e. The number of hydrogen-bond acceptors (Lipinski definition) is 2. The molecule has 0 spiro atoms. The maximum absolute atomic E-state index is 13.9. The molecule has 64 heavy (non-hydrogen) atoms. The minimum Gasteiger partial charge on any atom is -0.240 e. The van der Waals surface area contributed by atoms with Crippen LogP contribution in [0.25, 0.3) is 0 Å². The van der Waals surface area contributed by atoms with E-state index in [0.717, 1.165) is 44.1 Å².